The molecule has 0 saturated heterocycles. The number of aryl methyl sites for hydroxylation is 1. The first-order chi connectivity index (χ1) is 12.1. The molecular formula is C15H17F9O2Si. The zero-order chi connectivity index (χ0) is 21.3. The van der Waals surface area contributed by atoms with Crippen LogP contribution in [-0.4, -0.2) is 40.8 Å². The molecule has 0 aliphatic heterocycles. The molecule has 156 valence electrons. The Hall–Kier alpha value is -1.27. The molecule has 12 heteroatoms. The molecule has 0 aliphatic rings. The second-order valence-electron chi connectivity index (χ2n) is 5.96. The fourth-order valence-corrected chi connectivity index (χ4v) is 3.41. The lowest BCUT2D eigenvalue weighted by atomic mass is 9.96. The standard InChI is InChI=1S/C15H17F9O2Si/c1-25-27(3,26-2)9-8-10-4-6-11(7-5-10)12(16,17)13(18,19)14(20,21)15(22,23)24/h4-7H,8-9H2,1-3H3. The minimum absolute atomic E-state index is 0.241. The second-order valence-corrected chi connectivity index (χ2v) is 9.54. The molecule has 0 amide bonds. The highest BCUT2D eigenvalue weighted by molar-refractivity contribution is 6.65. The highest BCUT2D eigenvalue weighted by Gasteiger charge is 2.81. The van der Waals surface area contributed by atoms with Crippen LogP contribution in [0.3, 0.4) is 0 Å². The first kappa shape index (κ1) is 23.8. The number of hydrogen-bond donors (Lipinski definition) is 0. The molecule has 0 saturated carbocycles. The van der Waals surface area contributed by atoms with Gasteiger partial charge in [0.25, 0.3) is 0 Å². The Morgan fingerprint density at radius 3 is 1.59 bits per heavy atom. The maximum Gasteiger partial charge on any atom is 0.460 e. The molecule has 27 heavy (non-hydrogen) atoms. The van der Waals surface area contributed by atoms with Crippen LogP contribution in [0.4, 0.5) is 39.5 Å². The van der Waals surface area contributed by atoms with Gasteiger partial charge in [-0.1, -0.05) is 24.3 Å². The van der Waals surface area contributed by atoms with Crippen LogP contribution in [0.2, 0.25) is 12.6 Å². The Kier molecular flexibility index (Phi) is 6.71. The minimum Gasteiger partial charge on any atom is -0.398 e. The number of benzene rings is 1. The Balaban J connectivity index is 3.09. The summed E-state index contributed by atoms with van der Waals surface area (Å²) < 4.78 is 127. The molecule has 0 aromatic heterocycles. The van der Waals surface area contributed by atoms with Gasteiger partial charge >= 0.3 is 32.5 Å². The summed E-state index contributed by atoms with van der Waals surface area (Å²) in [5.41, 5.74) is -1.29. The first-order valence-corrected chi connectivity index (χ1v) is 9.98. The average molecular weight is 428 g/mol. The Morgan fingerprint density at radius 2 is 1.22 bits per heavy atom. The van der Waals surface area contributed by atoms with Gasteiger partial charge in [0.05, 0.1) is 0 Å². The summed E-state index contributed by atoms with van der Waals surface area (Å²) in [5.74, 6) is -19.3. The third-order valence-corrected chi connectivity index (χ3v) is 7.08. The highest BCUT2D eigenvalue weighted by Crippen LogP contribution is 2.56. The van der Waals surface area contributed by atoms with Gasteiger partial charge in [-0.2, -0.15) is 39.5 Å². The lowest BCUT2D eigenvalue weighted by Gasteiger charge is -2.33. The van der Waals surface area contributed by atoms with E-state index in [2.05, 4.69) is 0 Å². The molecule has 0 atom stereocenters. The molecule has 0 unspecified atom stereocenters. The van der Waals surface area contributed by atoms with E-state index in [0.717, 1.165) is 12.1 Å². The molecule has 0 aliphatic carbocycles. The van der Waals surface area contributed by atoms with Crippen molar-refractivity contribution in [2.24, 2.45) is 0 Å². The van der Waals surface area contributed by atoms with E-state index in [0.29, 0.717) is 23.7 Å². The summed E-state index contributed by atoms with van der Waals surface area (Å²) in [7, 11) is 0.339. The van der Waals surface area contributed by atoms with E-state index in [1.165, 1.54) is 14.2 Å². The fraction of sp³-hybridized carbons (Fsp3) is 0.600. The molecule has 0 N–H and O–H groups in total. The van der Waals surface area contributed by atoms with E-state index in [-0.39, 0.29) is 6.42 Å². The highest BCUT2D eigenvalue weighted by atomic mass is 28.4. The van der Waals surface area contributed by atoms with Crippen molar-refractivity contribution >= 4 is 8.56 Å². The largest absolute Gasteiger partial charge is 0.460 e. The van der Waals surface area contributed by atoms with Crippen molar-refractivity contribution in [1.82, 2.24) is 0 Å². The number of rotatable bonds is 8. The van der Waals surface area contributed by atoms with E-state index in [1.807, 2.05) is 0 Å². The summed E-state index contributed by atoms with van der Waals surface area (Å²) in [4.78, 5) is 0. The van der Waals surface area contributed by atoms with Crippen LogP contribution >= 0.6 is 0 Å². The van der Waals surface area contributed by atoms with E-state index in [1.54, 1.807) is 6.55 Å². The van der Waals surface area contributed by atoms with Gasteiger partial charge in [-0.25, -0.2) is 0 Å². The van der Waals surface area contributed by atoms with Crippen LogP contribution in [0.25, 0.3) is 0 Å². The minimum atomic E-state index is -6.91. The summed E-state index contributed by atoms with van der Waals surface area (Å²) >= 11 is 0. The number of alkyl halides is 9. The van der Waals surface area contributed by atoms with Gasteiger partial charge in [0.15, 0.2) is 0 Å². The normalized spacial score (nSPS) is 14.5. The lowest BCUT2D eigenvalue weighted by Crippen LogP contribution is -2.59. The maximum absolute atomic E-state index is 13.8. The SMILES string of the molecule is CO[Si](C)(CCc1ccc(C(F)(F)C(F)(F)C(F)(F)C(F)(F)F)cc1)OC. The van der Waals surface area contributed by atoms with Crippen LogP contribution < -0.4 is 0 Å². The molecule has 0 spiro atoms. The predicted molar refractivity (Wildman–Crippen MR) is 80.4 cm³/mol. The molecular weight excluding hydrogens is 411 g/mol. The second kappa shape index (κ2) is 7.63. The summed E-state index contributed by atoms with van der Waals surface area (Å²) in [6, 6.07) is 3.07. The molecule has 1 rings (SSSR count). The zero-order valence-corrected chi connectivity index (χ0v) is 15.4. The van der Waals surface area contributed by atoms with Crippen molar-refractivity contribution in [3.05, 3.63) is 35.4 Å². The van der Waals surface area contributed by atoms with Crippen molar-refractivity contribution in [2.75, 3.05) is 14.2 Å². The van der Waals surface area contributed by atoms with Gasteiger partial charge in [0.2, 0.25) is 0 Å². The van der Waals surface area contributed by atoms with Crippen LogP contribution in [0.5, 0.6) is 0 Å². The number of hydrogen-bond acceptors (Lipinski definition) is 2. The van der Waals surface area contributed by atoms with Gasteiger partial charge in [-0.3, -0.25) is 0 Å². The quantitative estimate of drug-likeness (QED) is 0.401. The Labute approximate surface area is 150 Å². The van der Waals surface area contributed by atoms with Crippen molar-refractivity contribution in [3.63, 3.8) is 0 Å². The van der Waals surface area contributed by atoms with Crippen molar-refractivity contribution in [1.29, 1.82) is 0 Å². The predicted octanol–water partition coefficient (Wildman–Crippen LogP) is 5.52. The molecule has 0 fully saturated rings. The lowest BCUT2D eigenvalue weighted by molar-refractivity contribution is -0.399. The topological polar surface area (TPSA) is 18.5 Å². The maximum atomic E-state index is 13.8. The van der Waals surface area contributed by atoms with Gasteiger partial charge in [-0.15, -0.1) is 0 Å². The summed E-state index contributed by atoms with van der Waals surface area (Å²) in [5, 5.41) is 0. The number of halogens is 9. The summed E-state index contributed by atoms with van der Waals surface area (Å²) in [6.45, 7) is 1.72. The smallest absolute Gasteiger partial charge is 0.398 e. The van der Waals surface area contributed by atoms with Crippen molar-refractivity contribution in [2.45, 2.75) is 43.0 Å². The first-order valence-electron chi connectivity index (χ1n) is 7.45. The molecule has 0 bridgehead atoms. The van der Waals surface area contributed by atoms with Crippen LogP contribution in [0.1, 0.15) is 11.1 Å². The molecule has 0 radical (unpaired) electrons. The van der Waals surface area contributed by atoms with E-state index in [4.69, 9.17) is 8.85 Å². The van der Waals surface area contributed by atoms with Crippen molar-refractivity contribution < 1.29 is 48.4 Å². The van der Waals surface area contributed by atoms with Gasteiger partial charge in [0.1, 0.15) is 0 Å². The van der Waals surface area contributed by atoms with Gasteiger partial charge in [0, 0.05) is 19.8 Å². The average Bonchev–Trinajstić information content (AvgIpc) is 2.58. The third-order valence-electron chi connectivity index (χ3n) is 4.19. The van der Waals surface area contributed by atoms with Crippen molar-refractivity contribution in [3.8, 4) is 0 Å². The molecule has 1 aromatic rings. The van der Waals surface area contributed by atoms with Crippen LogP contribution in [0.15, 0.2) is 24.3 Å². The van der Waals surface area contributed by atoms with Crippen LogP contribution in [0, 0.1) is 0 Å². The molecule has 0 heterocycles. The van der Waals surface area contributed by atoms with Crippen LogP contribution in [-0.2, 0) is 21.2 Å². The monoisotopic (exact) mass is 428 g/mol. The van der Waals surface area contributed by atoms with Gasteiger partial charge in [-0.05, 0) is 24.6 Å². The fourth-order valence-electron chi connectivity index (χ4n) is 2.10. The van der Waals surface area contributed by atoms with E-state index < -0.39 is 38.1 Å². The van der Waals surface area contributed by atoms with E-state index in [9.17, 15) is 39.5 Å². The third kappa shape index (κ3) is 4.42. The molecule has 2 nitrogen and oxygen atoms in total. The Morgan fingerprint density at radius 1 is 0.778 bits per heavy atom. The Bertz CT molecular complexity index is 625. The zero-order valence-electron chi connectivity index (χ0n) is 14.4. The molecule has 1 aromatic carbocycles. The summed E-state index contributed by atoms with van der Waals surface area (Å²) in [6.07, 6.45) is -6.60. The van der Waals surface area contributed by atoms with E-state index >= 15 is 0 Å². The van der Waals surface area contributed by atoms with Gasteiger partial charge < -0.3 is 8.85 Å².